The van der Waals surface area contributed by atoms with E-state index in [2.05, 4.69) is 4.72 Å². The Kier molecular flexibility index (Phi) is 5.69. The van der Waals surface area contributed by atoms with Gasteiger partial charge < -0.3 is 5.11 Å². The van der Waals surface area contributed by atoms with E-state index in [9.17, 15) is 8.42 Å². The summed E-state index contributed by atoms with van der Waals surface area (Å²) in [7, 11) is -3.64. The molecule has 0 saturated carbocycles. The summed E-state index contributed by atoms with van der Waals surface area (Å²) in [5.74, 6) is 0. The SMILES string of the molecule is O=S(=O)(NCCCCO)c1cc(Cl)ccc1Cl. The number of sulfonamides is 1. The molecule has 1 aromatic rings. The van der Waals surface area contributed by atoms with Crippen molar-refractivity contribution in [1.29, 1.82) is 0 Å². The Morgan fingerprint density at radius 1 is 1.24 bits per heavy atom. The number of hydrogen-bond acceptors (Lipinski definition) is 3. The van der Waals surface area contributed by atoms with Crippen molar-refractivity contribution in [1.82, 2.24) is 4.72 Å². The summed E-state index contributed by atoms with van der Waals surface area (Å²) < 4.78 is 26.1. The van der Waals surface area contributed by atoms with E-state index in [1.807, 2.05) is 0 Å². The van der Waals surface area contributed by atoms with Gasteiger partial charge in [0, 0.05) is 18.2 Å². The van der Waals surface area contributed by atoms with Gasteiger partial charge >= 0.3 is 0 Å². The predicted molar refractivity (Wildman–Crippen MR) is 68.0 cm³/mol. The molecule has 0 aromatic heterocycles. The zero-order valence-electron chi connectivity index (χ0n) is 8.99. The van der Waals surface area contributed by atoms with Crippen LogP contribution >= 0.6 is 23.2 Å². The first kappa shape index (κ1) is 14.7. The van der Waals surface area contributed by atoms with Crippen LogP contribution in [0.25, 0.3) is 0 Å². The molecule has 0 amide bonds. The second-order valence-electron chi connectivity index (χ2n) is 3.40. The number of aliphatic hydroxyl groups is 1. The zero-order chi connectivity index (χ0) is 12.9. The third-order valence-corrected chi connectivity index (χ3v) is 4.24. The van der Waals surface area contributed by atoms with Crippen molar-refractivity contribution in [2.45, 2.75) is 17.7 Å². The highest BCUT2D eigenvalue weighted by Crippen LogP contribution is 2.24. The largest absolute Gasteiger partial charge is 0.396 e. The van der Waals surface area contributed by atoms with Gasteiger partial charge in [-0.15, -0.1) is 0 Å². The number of rotatable bonds is 6. The van der Waals surface area contributed by atoms with E-state index in [0.717, 1.165) is 0 Å². The number of nitrogens with one attached hydrogen (secondary N) is 1. The molecule has 1 aromatic carbocycles. The summed E-state index contributed by atoms with van der Waals surface area (Å²) >= 11 is 11.5. The van der Waals surface area contributed by atoms with Crippen molar-refractivity contribution in [3.05, 3.63) is 28.2 Å². The smallest absolute Gasteiger partial charge is 0.242 e. The van der Waals surface area contributed by atoms with Gasteiger partial charge in [0.25, 0.3) is 0 Å². The van der Waals surface area contributed by atoms with Crippen LogP contribution in [-0.4, -0.2) is 26.7 Å². The predicted octanol–water partition coefficient (Wildman–Crippen LogP) is 2.04. The van der Waals surface area contributed by atoms with Crippen LogP contribution in [0.2, 0.25) is 10.0 Å². The topological polar surface area (TPSA) is 66.4 Å². The van der Waals surface area contributed by atoms with E-state index in [-0.39, 0.29) is 23.1 Å². The molecule has 0 radical (unpaired) electrons. The Hall–Kier alpha value is -0.330. The lowest BCUT2D eigenvalue weighted by molar-refractivity contribution is 0.285. The lowest BCUT2D eigenvalue weighted by Crippen LogP contribution is -2.25. The summed E-state index contributed by atoms with van der Waals surface area (Å²) in [6, 6.07) is 4.26. The minimum Gasteiger partial charge on any atom is -0.396 e. The second-order valence-corrected chi connectivity index (χ2v) is 5.98. The van der Waals surface area contributed by atoms with Gasteiger partial charge in [0.1, 0.15) is 4.90 Å². The van der Waals surface area contributed by atoms with Gasteiger partial charge in [-0.1, -0.05) is 23.2 Å². The van der Waals surface area contributed by atoms with Gasteiger partial charge in [0.05, 0.1) is 5.02 Å². The standard InChI is InChI=1S/C10H13Cl2NO3S/c11-8-3-4-9(12)10(7-8)17(15,16)13-5-1-2-6-14/h3-4,7,13-14H,1-2,5-6H2. The van der Waals surface area contributed by atoms with Gasteiger partial charge in [-0.3, -0.25) is 0 Å². The van der Waals surface area contributed by atoms with Crippen LogP contribution < -0.4 is 4.72 Å². The monoisotopic (exact) mass is 297 g/mol. The summed E-state index contributed by atoms with van der Waals surface area (Å²) in [5.41, 5.74) is 0. The van der Waals surface area contributed by atoms with Gasteiger partial charge in [0.2, 0.25) is 10.0 Å². The van der Waals surface area contributed by atoms with Crippen LogP contribution in [0.1, 0.15) is 12.8 Å². The molecule has 0 atom stereocenters. The number of hydrogen-bond donors (Lipinski definition) is 2. The first-order chi connectivity index (χ1) is 7.97. The third kappa shape index (κ3) is 4.44. The molecule has 96 valence electrons. The lowest BCUT2D eigenvalue weighted by atomic mass is 10.3. The quantitative estimate of drug-likeness (QED) is 0.790. The number of halogens is 2. The summed E-state index contributed by atoms with van der Waals surface area (Å²) in [4.78, 5) is -0.0318. The normalized spacial score (nSPS) is 11.7. The van der Waals surface area contributed by atoms with Crippen molar-refractivity contribution < 1.29 is 13.5 Å². The molecule has 0 bridgehead atoms. The fraction of sp³-hybridized carbons (Fsp3) is 0.400. The van der Waals surface area contributed by atoms with Crippen LogP contribution in [0.15, 0.2) is 23.1 Å². The first-order valence-electron chi connectivity index (χ1n) is 5.03. The number of benzene rings is 1. The summed E-state index contributed by atoms with van der Waals surface area (Å²) in [6.07, 6.45) is 1.11. The van der Waals surface area contributed by atoms with E-state index in [0.29, 0.717) is 17.9 Å². The minimum atomic E-state index is -3.64. The van der Waals surface area contributed by atoms with Crippen LogP contribution in [0.3, 0.4) is 0 Å². The number of unbranched alkanes of at least 4 members (excludes halogenated alkanes) is 1. The van der Waals surface area contributed by atoms with Crippen LogP contribution in [-0.2, 0) is 10.0 Å². The van der Waals surface area contributed by atoms with Crippen LogP contribution in [0.5, 0.6) is 0 Å². The molecular formula is C10H13Cl2NO3S. The maximum atomic E-state index is 11.9. The van der Waals surface area contributed by atoms with Gasteiger partial charge in [0.15, 0.2) is 0 Å². The van der Waals surface area contributed by atoms with Crippen molar-refractivity contribution in [3.8, 4) is 0 Å². The van der Waals surface area contributed by atoms with E-state index in [4.69, 9.17) is 28.3 Å². The Balaban J connectivity index is 2.79. The average molecular weight is 298 g/mol. The molecule has 0 unspecified atom stereocenters. The highest BCUT2D eigenvalue weighted by molar-refractivity contribution is 7.89. The lowest BCUT2D eigenvalue weighted by Gasteiger charge is -2.08. The molecule has 0 fully saturated rings. The Morgan fingerprint density at radius 3 is 2.59 bits per heavy atom. The molecular weight excluding hydrogens is 285 g/mol. The fourth-order valence-corrected chi connectivity index (χ4v) is 3.04. The molecule has 0 saturated heterocycles. The molecule has 0 aliphatic heterocycles. The fourth-order valence-electron chi connectivity index (χ4n) is 1.20. The zero-order valence-corrected chi connectivity index (χ0v) is 11.3. The summed E-state index contributed by atoms with van der Waals surface area (Å²) in [6.45, 7) is 0.297. The molecule has 1 rings (SSSR count). The van der Waals surface area contributed by atoms with Crippen molar-refractivity contribution >= 4 is 33.2 Å². The molecule has 0 heterocycles. The number of aliphatic hydroxyl groups excluding tert-OH is 1. The van der Waals surface area contributed by atoms with Crippen molar-refractivity contribution in [2.24, 2.45) is 0 Å². The molecule has 17 heavy (non-hydrogen) atoms. The molecule has 2 N–H and O–H groups in total. The van der Waals surface area contributed by atoms with Gasteiger partial charge in [-0.25, -0.2) is 13.1 Å². The molecule has 0 aliphatic carbocycles. The van der Waals surface area contributed by atoms with Gasteiger partial charge in [-0.2, -0.15) is 0 Å². The first-order valence-corrected chi connectivity index (χ1v) is 7.27. The summed E-state index contributed by atoms with van der Waals surface area (Å²) in [5, 5.41) is 9.02. The van der Waals surface area contributed by atoms with Crippen LogP contribution in [0, 0.1) is 0 Å². The van der Waals surface area contributed by atoms with E-state index in [1.54, 1.807) is 0 Å². The Morgan fingerprint density at radius 2 is 1.94 bits per heavy atom. The highest BCUT2D eigenvalue weighted by Gasteiger charge is 2.17. The van der Waals surface area contributed by atoms with Crippen molar-refractivity contribution in [2.75, 3.05) is 13.2 Å². The van der Waals surface area contributed by atoms with E-state index >= 15 is 0 Å². The minimum absolute atomic E-state index is 0.0318. The maximum Gasteiger partial charge on any atom is 0.242 e. The molecule has 0 aliphatic rings. The molecule has 7 heteroatoms. The van der Waals surface area contributed by atoms with E-state index in [1.165, 1.54) is 18.2 Å². The van der Waals surface area contributed by atoms with Gasteiger partial charge in [-0.05, 0) is 31.0 Å². The molecule has 0 spiro atoms. The van der Waals surface area contributed by atoms with Crippen LogP contribution in [0.4, 0.5) is 0 Å². The highest BCUT2D eigenvalue weighted by atomic mass is 35.5. The molecule has 4 nitrogen and oxygen atoms in total. The second kappa shape index (κ2) is 6.56. The maximum absolute atomic E-state index is 11.9. The van der Waals surface area contributed by atoms with Crippen molar-refractivity contribution in [3.63, 3.8) is 0 Å². The third-order valence-electron chi connectivity index (χ3n) is 2.06. The van der Waals surface area contributed by atoms with E-state index < -0.39 is 10.0 Å². The Labute approximate surface area is 111 Å². The average Bonchev–Trinajstić information content (AvgIpc) is 2.28. The Bertz CT molecular complexity index is 476.